The predicted octanol–water partition coefficient (Wildman–Crippen LogP) is 1.89. The molecule has 0 bridgehead atoms. The molecule has 0 radical (unpaired) electrons. The minimum Gasteiger partial charge on any atom is -0.490 e. The second kappa shape index (κ2) is 10.9. The van der Waals surface area contributed by atoms with Crippen molar-refractivity contribution in [3.8, 4) is 5.75 Å². The van der Waals surface area contributed by atoms with Crippen LogP contribution in [-0.4, -0.2) is 74.1 Å². The SMILES string of the molecule is CC(C)N(CC(O)COc1cccc2ccccc12)C(=O)CC(O)(CC(=O)O)CC(=O)O. The summed E-state index contributed by atoms with van der Waals surface area (Å²) in [5, 5.41) is 40.8. The Bertz CT molecular complexity index is 937. The Labute approximate surface area is 185 Å². The van der Waals surface area contributed by atoms with E-state index in [1.165, 1.54) is 4.90 Å². The Morgan fingerprint density at radius 1 is 0.969 bits per heavy atom. The van der Waals surface area contributed by atoms with Crippen LogP contribution in [0, 0.1) is 0 Å². The Kier molecular flexibility index (Phi) is 8.56. The van der Waals surface area contributed by atoms with Crippen molar-refractivity contribution in [3.63, 3.8) is 0 Å². The molecule has 4 N–H and O–H groups in total. The van der Waals surface area contributed by atoms with E-state index in [0.29, 0.717) is 5.75 Å². The van der Waals surface area contributed by atoms with Crippen molar-refractivity contribution in [3.05, 3.63) is 42.5 Å². The second-order valence-corrected chi connectivity index (χ2v) is 8.12. The molecule has 0 aromatic heterocycles. The van der Waals surface area contributed by atoms with Crippen LogP contribution in [0.15, 0.2) is 42.5 Å². The first kappa shape index (κ1) is 25.1. The predicted molar refractivity (Wildman–Crippen MR) is 116 cm³/mol. The zero-order valence-electron chi connectivity index (χ0n) is 18.1. The van der Waals surface area contributed by atoms with E-state index in [2.05, 4.69) is 0 Å². The molecule has 32 heavy (non-hydrogen) atoms. The average molecular weight is 447 g/mol. The van der Waals surface area contributed by atoms with Gasteiger partial charge in [0.2, 0.25) is 5.91 Å². The van der Waals surface area contributed by atoms with Crippen molar-refractivity contribution in [1.82, 2.24) is 4.90 Å². The molecular weight excluding hydrogens is 418 g/mol. The molecule has 0 aliphatic rings. The van der Waals surface area contributed by atoms with E-state index in [4.69, 9.17) is 14.9 Å². The zero-order valence-corrected chi connectivity index (χ0v) is 18.1. The summed E-state index contributed by atoms with van der Waals surface area (Å²) in [6, 6.07) is 12.8. The zero-order chi connectivity index (χ0) is 23.9. The highest BCUT2D eigenvalue weighted by Gasteiger charge is 2.37. The Hall–Kier alpha value is -3.17. The minimum atomic E-state index is -2.23. The summed E-state index contributed by atoms with van der Waals surface area (Å²) >= 11 is 0. The highest BCUT2D eigenvalue weighted by atomic mass is 16.5. The number of rotatable bonds is 12. The Morgan fingerprint density at radius 3 is 2.16 bits per heavy atom. The number of aliphatic hydroxyl groups is 2. The number of hydrogen-bond acceptors (Lipinski definition) is 6. The van der Waals surface area contributed by atoms with Gasteiger partial charge in [0.05, 0.1) is 31.4 Å². The number of fused-ring (bicyclic) bond motifs is 1. The van der Waals surface area contributed by atoms with Gasteiger partial charge in [-0.15, -0.1) is 0 Å². The van der Waals surface area contributed by atoms with E-state index >= 15 is 0 Å². The molecule has 0 aliphatic heterocycles. The first-order valence-corrected chi connectivity index (χ1v) is 10.2. The number of carboxylic acids is 2. The number of benzene rings is 2. The standard InChI is InChI=1S/C23H29NO8/c1-15(2)24(20(26)10-23(31,11-21(27)28)12-22(29)30)13-17(25)14-32-19-9-5-7-16-6-3-4-8-18(16)19/h3-9,15,17,25,31H,10-14H2,1-2H3,(H,27,28)(H,29,30). The maximum Gasteiger partial charge on any atom is 0.306 e. The van der Waals surface area contributed by atoms with Gasteiger partial charge in [-0.3, -0.25) is 14.4 Å². The molecule has 0 heterocycles. The lowest BCUT2D eigenvalue weighted by atomic mass is 9.90. The number of aliphatic carboxylic acids is 2. The van der Waals surface area contributed by atoms with E-state index in [-0.39, 0.29) is 19.2 Å². The fraction of sp³-hybridized carbons (Fsp3) is 0.435. The molecular formula is C23H29NO8. The maximum atomic E-state index is 12.8. The van der Waals surface area contributed by atoms with Crippen molar-refractivity contribution in [2.45, 2.75) is 50.9 Å². The van der Waals surface area contributed by atoms with Crippen LogP contribution in [0.1, 0.15) is 33.1 Å². The van der Waals surface area contributed by atoms with E-state index in [0.717, 1.165) is 10.8 Å². The fourth-order valence-electron chi connectivity index (χ4n) is 3.52. The van der Waals surface area contributed by atoms with Crippen LogP contribution in [0.2, 0.25) is 0 Å². The summed E-state index contributed by atoms with van der Waals surface area (Å²) in [5.41, 5.74) is -2.23. The van der Waals surface area contributed by atoms with Crippen LogP contribution in [0.25, 0.3) is 10.8 Å². The smallest absolute Gasteiger partial charge is 0.306 e. The number of ether oxygens (including phenoxy) is 1. The third-order valence-corrected chi connectivity index (χ3v) is 4.97. The normalized spacial score (nSPS) is 12.5. The van der Waals surface area contributed by atoms with Crippen LogP contribution in [0.5, 0.6) is 5.75 Å². The maximum absolute atomic E-state index is 12.8. The molecule has 9 heteroatoms. The molecule has 0 spiro atoms. The number of nitrogens with zero attached hydrogens (tertiary/aromatic N) is 1. The van der Waals surface area contributed by atoms with Crippen molar-refractivity contribution in [2.24, 2.45) is 0 Å². The molecule has 9 nitrogen and oxygen atoms in total. The van der Waals surface area contributed by atoms with Crippen LogP contribution in [0.3, 0.4) is 0 Å². The quantitative estimate of drug-likeness (QED) is 0.386. The first-order chi connectivity index (χ1) is 15.0. The highest BCUT2D eigenvalue weighted by Crippen LogP contribution is 2.26. The van der Waals surface area contributed by atoms with Crippen LogP contribution < -0.4 is 4.74 Å². The highest BCUT2D eigenvalue weighted by molar-refractivity contribution is 5.88. The van der Waals surface area contributed by atoms with Crippen molar-refractivity contribution in [1.29, 1.82) is 0 Å². The summed E-state index contributed by atoms with van der Waals surface area (Å²) in [5.74, 6) is -2.90. The molecule has 174 valence electrons. The summed E-state index contributed by atoms with van der Waals surface area (Å²) in [6.07, 6.45) is -3.53. The van der Waals surface area contributed by atoms with Gasteiger partial charge in [-0.25, -0.2) is 0 Å². The van der Waals surface area contributed by atoms with Crippen molar-refractivity contribution in [2.75, 3.05) is 13.2 Å². The molecule has 2 aromatic rings. The lowest BCUT2D eigenvalue weighted by Crippen LogP contribution is -2.47. The van der Waals surface area contributed by atoms with Crippen LogP contribution in [0.4, 0.5) is 0 Å². The lowest BCUT2D eigenvalue weighted by molar-refractivity contribution is -0.153. The number of hydrogen-bond donors (Lipinski definition) is 4. The van der Waals surface area contributed by atoms with Crippen molar-refractivity contribution < 1.29 is 39.5 Å². The summed E-state index contributed by atoms with van der Waals surface area (Å²) in [7, 11) is 0. The molecule has 0 aliphatic carbocycles. The monoisotopic (exact) mass is 447 g/mol. The third-order valence-electron chi connectivity index (χ3n) is 4.97. The largest absolute Gasteiger partial charge is 0.490 e. The van der Waals surface area contributed by atoms with Gasteiger partial charge in [0.1, 0.15) is 18.5 Å². The Balaban J connectivity index is 2.05. The molecule has 1 amide bonds. The number of amides is 1. The molecule has 0 fully saturated rings. The van der Waals surface area contributed by atoms with Crippen LogP contribution in [-0.2, 0) is 14.4 Å². The molecule has 2 rings (SSSR count). The van der Waals surface area contributed by atoms with Gasteiger partial charge in [0.15, 0.2) is 0 Å². The van der Waals surface area contributed by atoms with Gasteiger partial charge in [0, 0.05) is 11.4 Å². The number of carbonyl (C=O) groups is 3. The van der Waals surface area contributed by atoms with E-state index in [1.54, 1.807) is 19.9 Å². The van der Waals surface area contributed by atoms with E-state index in [9.17, 15) is 24.6 Å². The van der Waals surface area contributed by atoms with Gasteiger partial charge >= 0.3 is 11.9 Å². The van der Waals surface area contributed by atoms with E-state index in [1.807, 2.05) is 36.4 Å². The molecule has 0 saturated heterocycles. The second-order valence-electron chi connectivity index (χ2n) is 8.12. The third kappa shape index (κ3) is 7.21. The number of aliphatic hydroxyl groups excluding tert-OH is 1. The summed E-state index contributed by atoms with van der Waals surface area (Å²) < 4.78 is 5.75. The average Bonchev–Trinajstić information content (AvgIpc) is 2.68. The summed E-state index contributed by atoms with van der Waals surface area (Å²) in [6.45, 7) is 3.17. The van der Waals surface area contributed by atoms with Gasteiger partial charge in [-0.2, -0.15) is 0 Å². The van der Waals surface area contributed by atoms with Gasteiger partial charge in [-0.05, 0) is 25.3 Å². The molecule has 2 aromatic carbocycles. The number of carboxylic acid groups (broad SMARTS) is 2. The van der Waals surface area contributed by atoms with Gasteiger partial charge in [-0.1, -0.05) is 36.4 Å². The molecule has 1 atom stereocenters. The first-order valence-electron chi connectivity index (χ1n) is 10.2. The fourth-order valence-corrected chi connectivity index (χ4v) is 3.52. The Morgan fingerprint density at radius 2 is 1.56 bits per heavy atom. The van der Waals surface area contributed by atoms with Crippen molar-refractivity contribution >= 4 is 28.6 Å². The molecule has 1 unspecified atom stereocenters. The van der Waals surface area contributed by atoms with Gasteiger partial charge < -0.3 is 30.1 Å². The van der Waals surface area contributed by atoms with Crippen LogP contribution >= 0.6 is 0 Å². The topological polar surface area (TPSA) is 145 Å². The summed E-state index contributed by atoms with van der Waals surface area (Å²) in [4.78, 5) is 36.1. The number of carbonyl (C=O) groups excluding carboxylic acids is 1. The van der Waals surface area contributed by atoms with E-state index < -0.39 is 48.8 Å². The lowest BCUT2D eigenvalue weighted by Gasteiger charge is -2.32. The minimum absolute atomic E-state index is 0.0982. The van der Waals surface area contributed by atoms with Gasteiger partial charge in [0.25, 0.3) is 0 Å². The molecule has 0 saturated carbocycles.